The SMILES string of the molecule is C=CC(=O)N[C@H]1CCCC[C@H]1Nc1ncc2c(n1)N(C)C(=O)N(c1c(F)c(C)cc(O)c1F)C2. The van der Waals surface area contributed by atoms with E-state index in [1.54, 1.807) is 0 Å². The third-order valence-electron chi connectivity index (χ3n) is 6.21. The molecule has 4 rings (SSSR count). The molecule has 0 unspecified atom stereocenters. The molecule has 1 fully saturated rings. The second kappa shape index (κ2) is 9.24. The van der Waals surface area contributed by atoms with Crippen LogP contribution in [0.25, 0.3) is 0 Å². The molecule has 1 aliphatic heterocycles. The first-order valence-electron chi connectivity index (χ1n) is 11.0. The number of carbonyl (C=O) groups is 2. The number of urea groups is 1. The Kier molecular flexibility index (Phi) is 6.36. The first-order valence-corrected chi connectivity index (χ1v) is 11.0. The van der Waals surface area contributed by atoms with E-state index in [4.69, 9.17) is 0 Å². The van der Waals surface area contributed by atoms with Crippen molar-refractivity contribution in [3.63, 3.8) is 0 Å². The van der Waals surface area contributed by atoms with E-state index in [9.17, 15) is 23.5 Å². The molecule has 2 heterocycles. The number of halogens is 2. The molecule has 2 aliphatic rings. The maximum Gasteiger partial charge on any atom is 0.330 e. The number of nitrogens with one attached hydrogen (secondary N) is 2. The van der Waals surface area contributed by atoms with Crippen LogP contribution < -0.4 is 20.4 Å². The van der Waals surface area contributed by atoms with Gasteiger partial charge >= 0.3 is 6.03 Å². The maximum atomic E-state index is 14.7. The van der Waals surface area contributed by atoms with Gasteiger partial charge in [-0.2, -0.15) is 4.98 Å². The minimum Gasteiger partial charge on any atom is -0.505 e. The van der Waals surface area contributed by atoms with E-state index in [2.05, 4.69) is 27.2 Å². The zero-order valence-corrected chi connectivity index (χ0v) is 18.9. The van der Waals surface area contributed by atoms with Crippen LogP contribution in [0, 0.1) is 18.6 Å². The van der Waals surface area contributed by atoms with E-state index in [0.717, 1.165) is 36.6 Å². The fourth-order valence-electron chi connectivity index (χ4n) is 4.41. The number of phenols is 1. The molecule has 3 N–H and O–H groups in total. The van der Waals surface area contributed by atoms with Gasteiger partial charge in [-0.3, -0.25) is 14.6 Å². The molecule has 0 saturated heterocycles. The largest absolute Gasteiger partial charge is 0.505 e. The third kappa shape index (κ3) is 4.25. The summed E-state index contributed by atoms with van der Waals surface area (Å²) in [5.41, 5.74) is -0.130. The quantitative estimate of drug-likeness (QED) is 0.576. The monoisotopic (exact) mass is 472 g/mol. The summed E-state index contributed by atoms with van der Waals surface area (Å²) in [6.07, 6.45) is 6.30. The average Bonchev–Trinajstić information content (AvgIpc) is 2.82. The first kappa shape index (κ1) is 23.4. The number of amides is 3. The van der Waals surface area contributed by atoms with E-state index >= 15 is 0 Å². The summed E-state index contributed by atoms with van der Waals surface area (Å²) in [6.45, 7) is 4.69. The van der Waals surface area contributed by atoms with Gasteiger partial charge in [0.15, 0.2) is 17.4 Å². The predicted octanol–water partition coefficient (Wildman–Crippen LogP) is 3.37. The van der Waals surface area contributed by atoms with Crippen LogP contribution in [0.3, 0.4) is 0 Å². The van der Waals surface area contributed by atoms with Crippen LogP contribution in [-0.4, -0.2) is 46.1 Å². The molecule has 3 amide bonds. The summed E-state index contributed by atoms with van der Waals surface area (Å²) in [5, 5.41) is 16.0. The van der Waals surface area contributed by atoms with Crippen molar-refractivity contribution in [3.05, 3.63) is 47.7 Å². The molecular formula is C23H26F2N6O3. The van der Waals surface area contributed by atoms with E-state index < -0.39 is 29.1 Å². The Labute approximate surface area is 195 Å². The lowest BCUT2D eigenvalue weighted by atomic mass is 9.90. The van der Waals surface area contributed by atoms with Crippen molar-refractivity contribution >= 4 is 29.4 Å². The second-order valence-electron chi connectivity index (χ2n) is 8.51. The van der Waals surface area contributed by atoms with Crippen molar-refractivity contribution in [1.29, 1.82) is 0 Å². The van der Waals surface area contributed by atoms with Crippen LogP contribution in [-0.2, 0) is 11.3 Å². The summed E-state index contributed by atoms with van der Waals surface area (Å²) < 4.78 is 29.3. The van der Waals surface area contributed by atoms with Crippen molar-refractivity contribution in [3.8, 4) is 5.75 Å². The van der Waals surface area contributed by atoms with Crippen LogP contribution in [0.5, 0.6) is 5.75 Å². The number of anilines is 3. The Bertz CT molecular complexity index is 1130. The van der Waals surface area contributed by atoms with Crippen LogP contribution in [0.15, 0.2) is 24.9 Å². The zero-order chi connectivity index (χ0) is 24.6. The Morgan fingerprint density at radius 3 is 2.68 bits per heavy atom. The van der Waals surface area contributed by atoms with Crippen molar-refractivity contribution in [2.24, 2.45) is 0 Å². The Balaban J connectivity index is 1.60. The number of fused-ring (bicyclic) bond motifs is 1. The van der Waals surface area contributed by atoms with Crippen LogP contribution in [0.4, 0.5) is 31.0 Å². The molecular weight excluding hydrogens is 446 g/mol. The van der Waals surface area contributed by atoms with Gasteiger partial charge < -0.3 is 15.7 Å². The molecule has 9 nitrogen and oxygen atoms in total. The van der Waals surface area contributed by atoms with Gasteiger partial charge in [-0.25, -0.2) is 18.6 Å². The number of aryl methyl sites for hydroxylation is 1. The van der Waals surface area contributed by atoms with E-state index in [-0.39, 0.29) is 36.0 Å². The molecule has 2 atom stereocenters. The molecule has 2 aromatic rings. The Morgan fingerprint density at radius 2 is 1.97 bits per heavy atom. The first-order chi connectivity index (χ1) is 16.2. The number of aromatic hydroxyl groups is 1. The topological polar surface area (TPSA) is 111 Å². The third-order valence-corrected chi connectivity index (χ3v) is 6.21. The summed E-state index contributed by atoms with van der Waals surface area (Å²) >= 11 is 0. The fraction of sp³-hybridized carbons (Fsp3) is 0.391. The standard InChI is InChI=1S/C23H26F2N6O3/c1-4-17(33)27-14-7-5-6-8-15(14)28-22-26-10-13-11-31(23(34)30(3)21(13)29-22)20-18(24)12(2)9-16(32)19(20)25/h4,9-10,14-15,32H,1,5-8,11H2,2-3H3,(H,27,33)(H,26,28,29)/t14-,15+/m0/s1. The smallest absolute Gasteiger partial charge is 0.330 e. The van der Waals surface area contributed by atoms with Crippen molar-refractivity contribution in [2.45, 2.75) is 51.2 Å². The number of rotatable bonds is 5. The maximum absolute atomic E-state index is 14.7. The molecule has 180 valence electrons. The van der Waals surface area contributed by atoms with Crippen molar-refractivity contribution < 1.29 is 23.5 Å². The number of hydrogen-bond acceptors (Lipinski definition) is 6. The number of benzene rings is 1. The molecule has 1 aliphatic carbocycles. The number of nitrogens with zero attached hydrogens (tertiary/aromatic N) is 4. The molecule has 1 aromatic heterocycles. The summed E-state index contributed by atoms with van der Waals surface area (Å²) in [4.78, 5) is 35.7. The summed E-state index contributed by atoms with van der Waals surface area (Å²) in [6, 6.07) is 0.0507. The molecule has 1 saturated carbocycles. The van der Waals surface area contributed by atoms with E-state index in [0.29, 0.717) is 11.4 Å². The highest BCUT2D eigenvalue weighted by Crippen LogP contribution is 2.37. The van der Waals surface area contributed by atoms with Gasteiger partial charge in [0.25, 0.3) is 0 Å². The fourth-order valence-corrected chi connectivity index (χ4v) is 4.41. The lowest BCUT2D eigenvalue weighted by molar-refractivity contribution is -0.117. The average molecular weight is 472 g/mol. The molecule has 34 heavy (non-hydrogen) atoms. The number of phenolic OH excluding ortho intramolecular Hbond substituents is 1. The van der Waals surface area contributed by atoms with Crippen LogP contribution in [0.1, 0.15) is 36.8 Å². The molecule has 11 heteroatoms. The summed E-state index contributed by atoms with van der Waals surface area (Å²) in [7, 11) is 1.45. The van der Waals surface area contributed by atoms with Gasteiger partial charge in [0.2, 0.25) is 11.9 Å². The normalized spacial score (nSPS) is 20.1. The van der Waals surface area contributed by atoms with Gasteiger partial charge in [0.05, 0.1) is 6.54 Å². The van der Waals surface area contributed by atoms with E-state index in [1.165, 1.54) is 31.1 Å². The molecule has 0 spiro atoms. The van der Waals surface area contributed by atoms with Crippen molar-refractivity contribution in [2.75, 3.05) is 22.2 Å². The number of aromatic nitrogens is 2. The lowest BCUT2D eigenvalue weighted by Crippen LogP contribution is -2.49. The molecule has 0 bridgehead atoms. The van der Waals surface area contributed by atoms with Gasteiger partial charge in [-0.1, -0.05) is 19.4 Å². The van der Waals surface area contributed by atoms with Crippen LogP contribution >= 0.6 is 0 Å². The number of carbonyl (C=O) groups excluding carboxylic acids is 2. The van der Waals surface area contributed by atoms with Gasteiger partial charge in [-0.05, 0) is 37.5 Å². The zero-order valence-electron chi connectivity index (χ0n) is 18.9. The van der Waals surface area contributed by atoms with Crippen LogP contribution in [0.2, 0.25) is 0 Å². The minimum atomic E-state index is -1.21. The predicted molar refractivity (Wildman–Crippen MR) is 123 cm³/mol. The second-order valence-corrected chi connectivity index (χ2v) is 8.51. The lowest BCUT2D eigenvalue weighted by Gasteiger charge is -2.35. The molecule has 0 radical (unpaired) electrons. The highest BCUT2D eigenvalue weighted by molar-refractivity contribution is 6.05. The Hall–Kier alpha value is -3.76. The highest BCUT2D eigenvalue weighted by Gasteiger charge is 2.35. The van der Waals surface area contributed by atoms with Gasteiger partial charge in [-0.15, -0.1) is 0 Å². The summed E-state index contributed by atoms with van der Waals surface area (Å²) in [5.74, 6) is -2.54. The number of hydrogen-bond donors (Lipinski definition) is 3. The molecule has 1 aromatic carbocycles. The minimum absolute atomic E-state index is 0.0107. The van der Waals surface area contributed by atoms with Crippen molar-refractivity contribution in [1.82, 2.24) is 15.3 Å². The Morgan fingerprint density at radius 1 is 1.26 bits per heavy atom. The van der Waals surface area contributed by atoms with Gasteiger partial charge in [0.1, 0.15) is 11.5 Å². The van der Waals surface area contributed by atoms with E-state index in [1.807, 2.05) is 0 Å². The highest BCUT2D eigenvalue weighted by atomic mass is 19.1. The van der Waals surface area contributed by atoms with Gasteiger partial charge in [0, 0.05) is 30.9 Å².